The molecule has 3 aromatic rings. The number of nitrogens with two attached hydrogens (primary N) is 1. The van der Waals surface area contributed by atoms with E-state index in [1.54, 1.807) is 29.5 Å². The van der Waals surface area contributed by atoms with Crippen LogP contribution in [0.4, 0.5) is 0 Å². The number of fused-ring (bicyclic) bond motifs is 1. The van der Waals surface area contributed by atoms with Crippen LogP contribution in [0.15, 0.2) is 53.7 Å². The topological polar surface area (TPSA) is 80.7 Å². The molecule has 1 heterocycles. The lowest BCUT2D eigenvalue weighted by molar-refractivity contribution is 0.303. The Labute approximate surface area is 125 Å². The van der Waals surface area contributed by atoms with Crippen LogP contribution in [0.5, 0.6) is 5.75 Å². The number of benzene rings is 2. The smallest absolute Gasteiger partial charge is 0.173 e. The van der Waals surface area contributed by atoms with Crippen molar-refractivity contribution >= 4 is 27.4 Å². The van der Waals surface area contributed by atoms with Gasteiger partial charge in [0.15, 0.2) is 5.84 Å². The molecule has 0 radical (unpaired) electrons. The normalized spacial score (nSPS) is 11.7. The molecule has 0 unspecified atom stereocenters. The number of aromatic nitrogens is 1. The monoisotopic (exact) mass is 299 g/mol. The van der Waals surface area contributed by atoms with E-state index in [1.807, 2.05) is 30.3 Å². The zero-order valence-corrected chi connectivity index (χ0v) is 11.9. The fourth-order valence-electron chi connectivity index (χ4n) is 1.98. The van der Waals surface area contributed by atoms with Gasteiger partial charge in [0.05, 0.1) is 15.8 Å². The highest BCUT2D eigenvalue weighted by Gasteiger charge is 2.09. The molecule has 0 aliphatic rings. The molecule has 0 aliphatic carbocycles. The van der Waals surface area contributed by atoms with Gasteiger partial charge in [-0.1, -0.05) is 29.4 Å². The van der Waals surface area contributed by atoms with E-state index < -0.39 is 0 Å². The standard InChI is InChI=1S/C15H13N3O2S/c16-15(18-19)10-5-1-3-7-12(10)20-9-14-17-11-6-2-4-8-13(11)21-14/h1-8,19H,9H2,(H2,16,18). The van der Waals surface area contributed by atoms with Crippen LogP contribution >= 0.6 is 11.3 Å². The Hall–Kier alpha value is -2.60. The highest BCUT2D eigenvalue weighted by Crippen LogP contribution is 2.24. The molecule has 3 N–H and O–H groups in total. The molecule has 0 saturated carbocycles. The minimum atomic E-state index is 0.0231. The molecule has 0 fully saturated rings. The number of oxime groups is 1. The Balaban J connectivity index is 1.81. The largest absolute Gasteiger partial charge is 0.486 e. The number of thiazole rings is 1. The molecule has 1 aromatic heterocycles. The molecule has 0 atom stereocenters. The van der Waals surface area contributed by atoms with E-state index in [9.17, 15) is 0 Å². The first kappa shape index (κ1) is 13.4. The van der Waals surface area contributed by atoms with Gasteiger partial charge in [0.1, 0.15) is 17.4 Å². The first-order valence-corrected chi connectivity index (χ1v) is 7.14. The van der Waals surface area contributed by atoms with E-state index in [-0.39, 0.29) is 5.84 Å². The maximum absolute atomic E-state index is 8.79. The minimum Gasteiger partial charge on any atom is -0.486 e. The van der Waals surface area contributed by atoms with Gasteiger partial charge in [-0.15, -0.1) is 11.3 Å². The lowest BCUT2D eigenvalue weighted by Crippen LogP contribution is -2.14. The molecule has 0 amide bonds. The van der Waals surface area contributed by atoms with Gasteiger partial charge in [0.2, 0.25) is 0 Å². The van der Waals surface area contributed by atoms with Crippen molar-refractivity contribution in [2.45, 2.75) is 6.61 Å². The molecule has 2 aromatic carbocycles. The van der Waals surface area contributed by atoms with E-state index >= 15 is 0 Å². The number of hydrogen-bond donors (Lipinski definition) is 2. The molecule has 6 heteroatoms. The number of ether oxygens (including phenoxy) is 1. The van der Waals surface area contributed by atoms with E-state index in [4.69, 9.17) is 15.7 Å². The van der Waals surface area contributed by atoms with Gasteiger partial charge < -0.3 is 15.7 Å². The zero-order chi connectivity index (χ0) is 14.7. The van der Waals surface area contributed by atoms with Crippen molar-refractivity contribution in [1.29, 1.82) is 0 Å². The molecule has 0 spiro atoms. The summed E-state index contributed by atoms with van der Waals surface area (Å²) >= 11 is 1.59. The van der Waals surface area contributed by atoms with Crippen molar-refractivity contribution in [2.24, 2.45) is 10.9 Å². The average Bonchev–Trinajstić information content (AvgIpc) is 2.95. The highest BCUT2D eigenvalue weighted by atomic mass is 32.1. The maximum Gasteiger partial charge on any atom is 0.173 e. The quantitative estimate of drug-likeness (QED) is 0.336. The Bertz CT molecular complexity index is 765. The third-order valence-corrected chi connectivity index (χ3v) is 3.97. The molecule has 106 valence electrons. The summed E-state index contributed by atoms with van der Waals surface area (Å²) in [5.74, 6) is 0.585. The Morgan fingerprint density at radius 1 is 1.19 bits per heavy atom. The molecule has 0 saturated heterocycles. The van der Waals surface area contributed by atoms with Gasteiger partial charge >= 0.3 is 0 Å². The second-order valence-corrected chi connectivity index (χ2v) is 5.46. The predicted octanol–water partition coefficient (Wildman–Crippen LogP) is 2.97. The summed E-state index contributed by atoms with van der Waals surface area (Å²) in [5.41, 5.74) is 7.15. The summed E-state index contributed by atoms with van der Waals surface area (Å²) in [4.78, 5) is 4.51. The number of amidine groups is 1. The Kier molecular flexibility index (Phi) is 3.70. The van der Waals surface area contributed by atoms with Crippen LogP contribution in [0, 0.1) is 0 Å². The zero-order valence-electron chi connectivity index (χ0n) is 11.1. The second kappa shape index (κ2) is 5.80. The van der Waals surface area contributed by atoms with Crippen molar-refractivity contribution in [2.75, 3.05) is 0 Å². The predicted molar refractivity (Wildman–Crippen MR) is 82.9 cm³/mol. The first-order valence-electron chi connectivity index (χ1n) is 6.32. The van der Waals surface area contributed by atoms with Gasteiger partial charge in [-0.05, 0) is 24.3 Å². The Morgan fingerprint density at radius 2 is 1.95 bits per heavy atom. The summed E-state index contributed by atoms with van der Waals surface area (Å²) in [6, 6.07) is 15.1. The number of para-hydroxylation sites is 2. The van der Waals surface area contributed by atoms with Crippen LogP contribution in [0.3, 0.4) is 0 Å². The van der Waals surface area contributed by atoms with Crippen molar-refractivity contribution in [3.05, 3.63) is 59.1 Å². The summed E-state index contributed by atoms with van der Waals surface area (Å²) in [5, 5.41) is 12.7. The first-order chi connectivity index (χ1) is 10.3. The summed E-state index contributed by atoms with van der Waals surface area (Å²) < 4.78 is 6.88. The van der Waals surface area contributed by atoms with Crippen LogP contribution in [0.25, 0.3) is 10.2 Å². The van der Waals surface area contributed by atoms with Gasteiger partial charge in [0, 0.05) is 0 Å². The molecule has 0 bridgehead atoms. The second-order valence-electron chi connectivity index (χ2n) is 4.35. The fourth-order valence-corrected chi connectivity index (χ4v) is 2.86. The van der Waals surface area contributed by atoms with E-state index in [0.29, 0.717) is 17.9 Å². The minimum absolute atomic E-state index is 0.0231. The lowest BCUT2D eigenvalue weighted by atomic mass is 10.2. The van der Waals surface area contributed by atoms with Crippen molar-refractivity contribution < 1.29 is 9.94 Å². The SMILES string of the molecule is N/C(=N/O)c1ccccc1OCc1nc2ccccc2s1. The third-order valence-electron chi connectivity index (χ3n) is 2.96. The molecule has 21 heavy (non-hydrogen) atoms. The highest BCUT2D eigenvalue weighted by molar-refractivity contribution is 7.18. The van der Waals surface area contributed by atoms with E-state index in [2.05, 4.69) is 10.1 Å². The summed E-state index contributed by atoms with van der Waals surface area (Å²) in [7, 11) is 0. The van der Waals surface area contributed by atoms with Crippen molar-refractivity contribution in [1.82, 2.24) is 4.98 Å². The molecule has 5 nitrogen and oxygen atoms in total. The maximum atomic E-state index is 8.79. The van der Waals surface area contributed by atoms with E-state index in [0.717, 1.165) is 15.2 Å². The number of rotatable bonds is 4. The fraction of sp³-hybridized carbons (Fsp3) is 0.0667. The van der Waals surface area contributed by atoms with Gasteiger partial charge in [0.25, 0.3) is 0 Å². The van der Waals surface area contributed by atoms with Crippen LogP contribution in [0.2, 0.25) is 0 Å². The van der Waals surface area contributed by atoms with Gasteiger partial charge in [-0.3, -0.25) is 0 Å². The van der Waals surface area contributed by atoms with Crippen LogP contribution in [0.1, 0.15) is 10.6 Å². The number of nitrogens with zero attached hydrogens (tertiary/aromatic N) is 2. The van der Waals surface area contributed by atoms with E-state index in [1.165, 1.54) is 0 Å². The van der Waals surface area contributed by atoms with Crippen LogP contribution < -0.4 is 10.5 Å². The van der Waals surface area contributed by atoms with Gasteiger partial charge in [-0.25, -0.2) is 4.98 Å². The average molecular weight is 299 g/mol. The third kappa shape index (κ3) is 2.80. The van der Waals surface area contributed by atoms with Crippen molar-refractivity contribution in [3.8, 4) is 5.75 Å². The molecular formula is C15H13N3O2S. The van der Waals surface area contributed by atoms with Crippen LogP contribution in [-0.4, -0.2) is 16.0 Å². The molecular weight excluding hydrogens is 286 g/mol. The van der Waals surface area contributed by atoms with Crippen LogP contribution in [-0.2, 0) is 6.61 Å². The van der Waals surface area contributed by atoms with Crippen molar-refractivity contribution in [3.63, 3.8) is 0 Å². The summed E-state index contributed by atoms with van der Waals surface area (Å²) in [6.07, 6.45) is 0. The Morgan fingerprint density at radius 3 is 2.76 bits per heavy atom. The lowest BCUT2D eigenvalue weighted by Gasteiger charge is -2.08. The molecule has 3 rings (SSSR count). The number of hydrogen-bond acceptors (Lipinski definition) is 5. The molecule has 0 aliphatic heterocycles. The summed E-state index contributed by atoms with van der Waals surface area (Å²) in [6.45, 7) is 0.342. The van der Waals surface area contributed by atoms with Gasteiger partial charge in [-0.2, -0.15) is 0 Å².